The van der Waals surface area contributed by atoms with E-state index in [9.17, 15) is 24.6 Å². The third-order valence-corrected chi connectivity index (χ3v) is 9.23. The van der Waals surface area contributed by atoms with Crippen LogP contribution in [-0.4, -0.2) is 40.1 Å². The van der Waals surface area contributed by atoms with Crippen molar-refractivity contribution in [1.29, 1.82) is 0 Å². The first-order valence-electron chi connectivity index (χ1n) is 11.4. The third kappa shape index (κ3) is 3.01. The van der Waals surface area contributed by atoms with E-state index < -0.39 is 11.2 Å². The van der Waals surface area contributed by atoms with Crippen molar-refractivity contribution < 1.29 is 29.3 Å². The van der Waals surface area contributed by atoms with Crippen molar-refractivity contribution in [2.45, 2.75) is 77.9 Å². The number of fused-ring (bicyclic) bond motifs is 5. The molecule has 166 valence electrons. The standard InChI is InChI=1S/C24H34O6/c1-4-21(27)30-13-20(26)19-8-7-17-16-6-5-14-11-15(25)12-24(28,29)23(14,3)18(16)9-10-22(17,19)2/h11,16-19,28-29H,4-10,12-13H2,1-3H3/t16-,17-,18-,19-,22-,23-/m0/s1. The molecule has 6 nitrogen and oxygen atoms in total. The Hall–Kier alpha value is -1.53. The van der Waals surface area contributed by atoms with Gasteiger partial charge in [-0.15, -0.1) is 0 Å². The van der Waals surface area contributed by atoms with Gasteiger partial charge in [0.15, 0.2) is 17.4 Å². The van der Waals surface area contributed by atoms with E-state index in [1.54, 1.807) is 13.0 Å². The Morgan fingerprint density at radius 2 is 1.87 bits per heavy atom. The summed E-state index contributed by atoms with van der Waals surface area (Å²) in [5, 5.41) is 21.8. The van der Waals surface area contributed by atoms with Crippen molar-refractivity contribution in [3.63, 3.8) is 0 Å². The fraction of sp³-hybridized carbons (Fsp3) is 0.792. The Kier molecular flexibility index (Phi) is 5.25. The monoisotopic (exact) mass is 418 g/mol. The van der Waals surface area contributed by atoms with Gasteiger partial charge >= 0.3 is 5.97 Å². The fourth-order valence-corrected chi connectivity index (χ4v) is 7.56. The number of Topliss-reactive ketones (excluding diaryl/α,β-unsaturated/α-hetero) is 1. The molecule has 3 fully saturated rings. The summed E-state index contributed by atoms with van der Waals surface area (Å²) < 4.78 is 5.13. The Morgan fingerprint density at radius 1 is 1.13 bits per heavy atom. The lowest BCUT2D eigenvalue weighted by Gasteiger charge is -2.60. The van der Waals surface area contributed by atoms with E-state index in [0.717, 1.165) is 37.7 Å². The summed E-state index contributed by atoms with van der Waals surface area (Å²) in [6.07, 6.45) is 6.67. The lowest BCUT2D eigenvalue weighted by Crippen LogP contribution is -2.61. The summed E-state index contributed by atoms with van der Waals surface area (Å²) in [5.41, 5.74) is -0.0816. The maximum absolute atomic E-state index is 12.9. The molecular weight excluding hydrogens is 384 g/mol. The molecule has 4 aliphatic carbocycles. The molecule has 4 aliphatic rings. The summed E-state index contributed by atoms with van der Waals surface area (Å²) >= 11 is 0. The Morgan fingerprint density at radius 3 is 2.57 bits per heavy atom. The number of hydrogen-bond donors (Lipinski definition) is 2. The Balaban J connectivity index is 1.58. The van der Waals surface area contributed by atoms with Crippen molar-refractivity contribution >= 4 is 17.5 Å². The van der Waals surface area contributed by atoms with E-state index in [2.05, 4.69) is 6.92 Å². The second-order valence-electron chi connectivity index (χ2n) is 10.4. The van der Waals surface area contributed by atoms with Crippen LogP contribution in [0.15, 0.2) is 11.6 Å². The molecule has 4 rings (SSSR count). The van der Waals surface area contributed by atoms with Crippen LogP contribution in [0.1, 0.15) is 72.1 Å². The van der Waals surface area contributed by atoms with E-state index in [1.807, 2.05) is 6.92 Å². The van der Waals surface area contributed by atoms with Gasteiger partial charge < -0.3 is 14.9 Å². The van der Waals surface area contributed by atoms with Crippen LogP contribution < -0.4 is 0 Å². The number of aliphatic hydroxyl groups is 2. The number of rotatable bonds is 4. The Bertz CT molecular complexity index is 798. The van der Waals surface area contributed by atoms with Crippen molar-refractivity contribution in [1.82, 2.24) is 0 Å². The van der Waals surface area contributed by atoms with E-state index in [1.165, 1.54) is 0 Å². The molecule has 0 aromatic carbocycles. The summed E-state index contributed by atoms with van der Waals surface area (Å²) in [5.74, 6) is -1.95. The molecule has 0 amide bonds. The van der Waals surface area contributed by atoms with Crippen LogP contribution in [0.5, 0.6) is 0 Å². The fourth-order valence-electron chi connectivity index (χ4n) is 7.56. The van der Waals surface area contributed by atoms with Gasteiger partial charge in [0.1, 0.15) is 6.61 Å². The minimum Gasteiger partial charge on any atom is -0.458 e. The largest absolute Gasteiger partial charge is 0.458 e. The van der Waals surface area contributed by atoms with Gasteiger partial charge in [0, 0.05) is 17.8 Å². The molecule has 0 saturated heterocycles. The summed E-state index contributed by atoms with van der Waals surface area (Å²) in [6, 6.07) is 0. The number of carbonyl (C=O) groups excluding carboxylic acids is 3. The number of carbonyl (C=O) groups is 3. The van der Waals surface area contributed by atoms with Crippen LogP contribution in [0, 0.1) is 34.5 Å². The van der Waals surface area contributed by atoms with E-state index in [-0.39, 0.29) is 54.2 Å². The number of ether oxygens (including phenoxy) is 1. The molecule has 0 aromatic rings. The predicted molar refractivity (Wildman–Crippen MR) is 109 cm³/mol. The van der Waals surface area contributed by atoms with Crippen LogP contribution >= 0.6 is 0 Å². The second kappa shape index (κ2) is 7.27. The van der Waals surface area contributed by atoms with Crippen LogP contribution in [0.25, 0.3) is 0 Å². The summed E-state index contributed by atoms with van der Waals surface area (Å²) in [6.45, 7) is 5.70. The smallest absolute Gasteiger partial charge is 0.305 e. The zero-order valence-corrected chi connectivity index (χ0v) is 18.3. The summed E-state index contributed by atoms with van der Waals surface area (Å²) in [4.78, 5) is 36.4. The lowest BCUT2D eigenvalue weighted by molar-refractivity contribution is -0.263. The van der Waals surface area contributed by atoms with Crippen LogP contribution in [0.4, 0.5) is 0 Å². The molecule has 2 N–H and O–H groups in total. The normalized spacial score (nSPS) is 41.9. The van der Waals surface area contributed by atoms with Gasteiger partial charge in [-0.05, 0) is 67.8 Å². The van der Waals surface area contributed by atoms with Gasteiger partial charge in [0.05, 0.1) is 6.42 Å². The molecule has 30 heavy (non-hydrogen) atoms. The van der Waals surface area contributed by atoms with Gasteiger partial charge in [0.2, 0.25) is 0 Å². The molecule has 6 heteroatoms. The molecule has 0 aromatic heterocycles. The molecule has 0 aliphatic heterocycles. The molecule has 0 unspecified atom stereocenters. The van der Waals surface area contributed by atoms with Crippen molar-refractivity contribution in [2.24, 2.45) is 34.5 Å². The third-order valence-electron chi connectivity index (χ3n) is 9.23. The first-order valence-corrected chi connectivity index (χ1v) is 11.4. The average molecular weight is 419 g/mol. The molecule has 0 spiro atoms. The molecule has 6 atom stereocenters. The number of hydrogen-bond acceptors (Lipinski definition) is 6. The second-order valence-corrected chi connectivity index (χ2v) is 10.4. The van der Waals surface area contributed by atoms with Crippen LogP contribution in [0.3, 0.4) is 0 Å². The highest BCUT2D eigenvalue weighted by molar-refractivity contribution is 5.92. The first-order chi connectivity index (χ1) is 14.0. The molecular formula is C24H34O6. The van der Waals surface area contributed by atoms with Gasteiger partial charge in [-0.3, -0.25) is 14.4 Å². The van der Waals surface area contributed by atoms with E-state index >= 15 is 0 Å². The zero-order chi connectivity index (χ0) is 21.9. The highest BCUT2D eigenvalue weighted by atomic mass is 16.5. The highest BCUT2D eigenvalue weighted by Gasteiger charge is 2.65. The molecule has 3 saturated carbocycles. The zero-order valence-electron chi connectivity index (χ0n) is 18.3. The van der Waals surface area contributed by atoms with Gasteiger partial charge in [0.25, 0.3) is 0 Å². The Labute approximate surface area is 178 Å². The topological polar surface area (TPSA) is 101 Å². The number of ketones is 2. The predicted octanol–water partition coefficient (Wildman–Crippen LogP) is 2.95. The average Bonchev–Trinajstić information content (AvgIpc) is 3.04. The van der Waals surface area contributed by atoms with E-state index in [0.29, 0.717) is 18.3 Å². The maximum Gasteiger partial charge on any atom is 0.305 e. The van der Waals surface area contributed by atoms with Crippen molar-refractivity contribution in [3.05, 3.63) is 11.6 Å². The molecule has 0 heterocycles. The minimum atomic E-state index is -2.02. The van der Waals surface area contributed by atoms with E-state index in [4.69, 9.17) is 4.74 Å². The van der Waals surface area contributed by atoms with Crippen LogP contribution in [0.2, 0.25) is 0 Å². The molecule has 0 bridgehead atoms. The van der Waals surface area contributed by atoms with Crippen molar-refractivity contribution in [2.75, 3.05) is 6.61 Å². The minimum absolute atomic E-state index is 0.0183. The van der Waals surface area contributed by atoms with Gasteiger partial charge in [-0.2, -0.15) is 0 Å². The lowest BCUT2D eigenvalue weighted by atomic mass is 9.45. The summed E-state index contributed by atoms with van der Waals surface area (Å²) in [7, 11) is 0. The van der Waals surface area contributed by atoms with Gasteiger partial charge in [-0.1, -0.05) is 26.3 Å². The number of esters is 1. The van der Waals surface area contributed by atoms with Gasteiger partial charge in [-0.25, -0.2) is 0 Å². The quantitative estimate of drug-likeness (QED) is 0.538. The first kappa shape index (κ1) is 21.7. The maximum atomic E-state index is 12.9. The highest BCUT2D eigenvalue weighted by Crippen LogP contribution is 2.67. The molecule has 0 radical (unpaired) electrons. The van der Waals surface area contributed by atoms with Crippen LogP contribution in [-0.2, 0) is 19.1 Å². The SMILES string of the molecule is CCC(=O)OCC(=O)[C@@H]1CC[C@H]2[C@@H]3CCC4=CC(=O)CC(O)(O)[C@]4(C)[C@H]3CC[C@]12C. The van der Waals surface area contributed by atoms with Crippen molar-refractivity contribution in [3.8, 4) is 0 Å².